The lowest BCUT2D eigenvalue weighted by atomic mass is 10.3. The number of anilines is 1. The number of nitrogens with one attached hydrogen (secondary N) is 1. The van der Waals surface area contributed by atoms with Gasteiger partial charge in [-0.1, -0.05) is 23.4 Å². The van der Waals surface area contributed by atoms with E-state index in [1.807, 2.05) is 25.3 Å². The SMILES string of the molecule is CC(Oc1ccc(F)cc1)c1nnc(SCC(=O)Nc2ccc(Cl)cc2)n1C(C)C. The fourth-order valence-corrected chi connectivity index (χ4v) is 3.78. The molecule has 0 fully saturated rings. The molecule has 0 aliphatic carbocycles. The number of ether oxygens (including phenoxy) is 1. The second-order valence-corrected chi connectivity index (χ2v) is 8.24. The van der Waals surface area contributed by atoms with E-state index in [0.29, 0.717) is 27.4 Å². The molecule has 2 aromatic carbocycles. The number of hydrogen-bond acceptors (Lipinski definition) is 5. The lowest BCUT2D eigenvalue weighted by Crippen LogP contribution is -2.16. The number of aromatic nitrogens is 3. The Labute approximate surface area is 183 Å². The zero-order chi connectivity index (χ0) is 21.7. The van der Waals surface area contributed by atoms with Crippen LogP contribution in [0.5, 0.6) is 5.75 Å². The average molecular weight is 449 g/mol. The molecule has 3 rings (SSSR count). The third kappa shape index (κ3) is 5.73. The van der Waals surface area contributed by atoms with E-state index in [2.05, 4.69) is 15.5 Å². The Morgan fingerprint density at radius 1 is 1.13 bits per heavy atom. The van der Waals surface area contributed by atoms with Gasteiger partial charge in [-0.25, -0.2) is 4.39 Å². The average Bonchev–Trinajstić information content (AvgIpc) is 3.14. The molecule has 30 heavy (non-hydrogen) atoms. The van der Waals surface area contributed by atoms with Crippen molar-refractivity contribution < 1.29 is 13.9 Å². The monoisotopic (exact) mass is 448 g/mol. The molecule has 0 radical (unpaired) electrons. The minimum absolute atomic E-state index is 0.0658. The van der Waals surface area contributed by atoms with Crippen LogP contribution in [0.4, 0.5) is 10.1 Å². The topological polar surface area (TPSA) is 69.0 Å². The first-order valence-electron chi connectivity index (χ1n) is 9.38. The Kier molecular flexibility index (Phi) is 7.33. The van der Waals surface area contributed by atoms with Gasteiger partial charge in [-0.05, 0) is 69.3 Å². The number of rotatable bonds is 8. The molecule has 0 spiro atoms. The maximum Gasteiger partial charge on any atom is 0.234 e. The number of carbonyl (C=O) groups is 1. The van der Waals surface area contributed by atoms with Gasteiger partial charge in [0.25, 0.3) is 0 Å². The van der Waals surface area contributed by atoms with Crippen molar-refractivity contribution in [3.63, 3.8) is 0 Å². The minimum Gasteiger partial charge on any atom is -0.483 e. The van der Waals surface area contributed by atoms with E-state index in [9.17, 15) is 9.18 Å². The van der Waals surface area contributed by atoms with Crippen LogP contribution < -0.4 is 10.1 Å². The minimum atomic E-state index is -0.400. The lowest BCUT2D eigenvalue weighted by Gasteiger charge is -2.18. The van der Waals surface area contributed by atoms with E-state index in [1.165, 1.54) is 23.9 Å². The molecule has 1 N–H and O–H groups in total. The van der Waals surface area contributed by atoms with E-state index in [1.54, 1.807) is 36.4 Å². The second-order valence-electron chi connectivity index (χ2n) is 6.86. The van der Waals surface area contributed by atoms with Crippen molar-refractivity contribution in [3.8, 4) is 5.75 Å². The smallest absolute Gasteiger partial charge is 0.234 e. The number of carbonyl (C=O) groups excluding carboxylic acids is 1. The summed E-state index contributed by atoms with van der Waals surface area (Å²) in [5.74, 6) is 0.878. The Bertz CT molecular complexity index is 993. The van der Waals surface area contributed by atoms with Crippen LogP contribution in [-0.2, 0) is 4.79 Å². The van der Waals surface area contributed by atoms with Crippen molar-refractivity contribution >= 4 is 35.0 Å². The standard InChI is InChI=1S/C21H22ClFN4O2S/c1-13(2)27-20(14(3)29-18-10-6-16(23)7-11-18)25-26-21(27)30-12-19(28)24-17-8-4-15(22)5-9-17/h4-11,13-14H,12H2,1-3H3,(H,24,28). The molecule has 1 aromatic heterocycles. The highest BCUT2D eigenvalue weighted by atomic mass is 35.5. The molecule has 1 atom stereocenters. The third-order valence-corrected chi connectivity index (χ3v) is 5.35. The quantitative estimate of drug-likeness (QED) is 0.459. The number of halogens is 2. The molecule has 1 unspecified atom stereocenters. The summed E-state index contributed by atoms with van der Waals surface area (Å²) in [5, 5.41) is 12.6. The third-order valence-electron chi connectivity index (χ3n) is 4.16. The van der Waals surface area contributed by atoms with Gasteiger partial charge in [-0.15, -0.1) is 10.2 Å². The summed E-state index contributed by atoms with van der Waals surface area (Å²) in [6, 6.07) is 12.8. The Morgan fingerprint density at radius 3 is 2.43 bits per heavy atom. The highest BCUT2D eigenvalue weighted by molar-refractivity contribution is 7.99. The largest absolute Gasteiger partial charge is 0.483 e. The van der Waals surface area contributed by atoms with Crippen LogP contribution in [0.3, 0.4) is 0 Å². The predicted octanol–water partition coefficient (Wildman–Crippen LogP) is 5.52. The second kappa shape index (κ2) is 9.95. The molecule has 6 nitrogen and oxygen atoms in total. The van der Waals surface area contributed by atoms with Gasteiger partial charge >= 0.3 is 0 Å². The number of amides is 1. The maximum atomic E-state index is 13.1. The molecule has 0 aliphatic heterocycles. The van der Waals surface area contributed by atoms with Crippen molar-refractivity contribution in [2.24, 2.45) is 0 Å². The zero-order valence-electron chi connectivity index (χ0n) is 16.8. The van der Waals surface area contributed by atoms with Crippen LogP contribution in [0.1, 0.15) is 38.7 Å². The molecule has 0 saturated heterocycles. The van der Waals surface area contributed by atoms with E-state index in [-0.39, 0.29) is 23.5 Å². The first-order chi connectivity index (χ1) is 14.3. The summed E-state index contributed by atoms with van der Waals surface area (Å²) in [5.41, 5.74) is 0.678. The molecule has 158 valence electrons. The van der Waals surface area contributed by atoms with Crippen LogP contribution in [0.25, 0.3) is 0 Å². The van der Waals surface area contributed by atoms with Crippen LogP contribution >= 0.6 is 23.4 Å². The van der Waals surface area contributed by atoms with Crippen molar-refractivity contribution in [1.29, 1.82) is 0 Å². The molecule has 9 heteroatoms. The number of nitrogens with zero attached hydrogens (tertiary/aromatic N) is 3. The summed E-state index contributed by atoms with van der Waals surface area (Å²) in [6.07, 6.45) is -0.400. The zero-order valence-corrected chi connectivity index (χ0v) is 18.4. The fraction of sp³-hybridized carbons (Fsp3) is 0.286. The van der Waals surface area contributed by atoms with Gasteiger partial charge in [0.15, 0.2) is 17.1 Å². The highest BCUT2D eigenvalue weighted by Crippen LogP contribution is 2.28. The first-order valence-corrected chi connectivity index (χ1v) is 10.7. The molecule has 1 heterocycles. The number of hydrogen-bond donors (Lipinski definition) is 1. The van der Waals surface area contributed by atoms with Gasteiger partial charge in [0.1, 0.15) is 11.6 Å². The van der Waals surface area contributed by atoms with Crippen molar-refractivity contribution in [2.75, 3.05) is 11.1 Å². The summed E-state index contributed by atoms with van der Waals surface area (Å²) in [7, 11) is 0. The van der Waals surface area contributed by atoms with Gasteiger partial charge in [0, 0.05) is 16.8 Å². The van der Waals surface area contributed by atoms with E-state index in [4.69, 9.17) is 16.3 Å². The fourth-order valence-electron chi connectivity index (χ4n) is 2.78. The first kappa shape index (κ1) is 22.1. The van der Waals surface area contributed by atoms with Crippen molar-refractivity contribution in [1.82, 2.24) is 14.8 Å². The Balaban J connectivity index is 1.66. The molecule has 0 bridgehead atoms. The summed E-state index contributed by atoms with van der Waals surface area (Å²) >= 11 is 7.16. The van der Waals surface area contributed by atoms with Gasteiger partial charge in [-0.3, -0.25) is 4.79 Å². The number of benzene rings is 2. The van der Waals surface area contributed by atoms with Gasteiger partial charge < -0.3 is 14.6 Å². The summed E-state index contributed by atoms with van der Waals surface area (Å²) in [6.45, 7) is 5.87. The van der Waals surface area contributed by atoms with Crippen molar-refractivity contribution in [2.45, 2.75) is 38.1 Å². The molecule has 0 saturated carbocycles. The van der Waals surface area contributed by atoms with Gasteiger partial charge in [0.05, 0.1) is 5.75 Å². The van der Waals surface area contributed by atoms with E-state index >= 15 is 0 Å². The highest BCUT2D eigenvalue weighted by Gasteiger charge is 2.22. The van der Waals surface area contributed by atoms with Crippen LogP contribution in [0, 0.1) is 5.82 Å². The molecular weight excluding hydrogens is 427 g/mol. The van der Waals surface area contributed by atoms with Crippen LogP contribution in [0.15, 0.2) is 53.7 Å². The molecule has 3 aromatic rings. The maximum absolute atomic E-state index is 13.1. The van der Waals surface area contributed by atoms with Gasteiger partial charge in [-0.2, -0.15) is 0 Å². The summed E-state index contributed by atoms with van der Waals surface area (Å²) in [4.78, 5) is 12.3. The van der Waals surface area contributed by atoms with E-state index < -0.39 is 6.10 Å². The molecule has 1 amide bonds. The lowest BCUT2D eigenvalue weighted by molar-refractivity contribution is -0.113. The molecule has 0 aliphatic rings. The van der Waals surface area contributed by atoms with Gasteiger partial charge in [0.2, 0.25) is 5.91 Å². The Hall–Kier alpha value is -2.58. The molecular formula is C21H22ClFN4O2S. The van der Waals surface area contributed by atoms with Crippen LogP contribution in [0.2, 0.25) is 5.02 Å². The number of thioether (sulfide) groups is 1. The van der Waals surface area contributed by atoms with Crippen molar-refractivity contribution in [3.05, 3.63) is 65.2 Å². The Morgan fingerprint density at radius 2 is 1.80 bits per heavy atom. The predicted molar refractivity (Wildman–Crippen MR) is 117 cm³/mol. The normalized spacial score (nSPS) is 12.1. The van der Waals surface area contributed by atoms with Crippen LogP contribution in [-0.4, -0.2) is 26.4 Å². The van der Waals surface area contributed by atoms with E-state index in [0.717, 1.165) is 0 Å². The summed E-state index contributed by atoms with van der Waals surface area (Å²) < 4.78 is 20.9.